The van der Waals surface area contributed by atoms with Gasteiger partial charge in [-0.3, -0.25) is 24.7 Å². The van der Waals surface area contributed by atoms with Gasteiger partial charge in [0.1, 0.15) is 0 Å². The molecule has 0 atom stereocenters. The molecule has 8 heteroatoms. The van der Waals surface area contributed by atoms with Crippen LogP contribution in [0.25, 0.3) is 0 Å². The number of carbonyl (C=O) groups is 2. The zero-order chi connectivity index (χ0) is 22.3. The van der Waals surface area contributed by atoms with Gasteiger partial charge in [0.05, 0.1) is 17.1 Å². The summed E-state index contributed by atoms with van der Waals surface area (Å²) in [5.74, 6) is -1.13. The lowest BCUT2D eigenvalue weighted by Crippen LogP contribution is -2.41. The van der Waals surface area contributed by atoms with Crippen molar-refractivity contribution >= 4 is 27.5 Å². The summed E-state index contributed by atoms with van der Waals surface area (Å²) in [6, 6.07) is 22.6. The van der Waals surface area contributed by atoms with Crippen LogP contribution >= 0.6 is 0 Å². The first-order chi connectivity index (χ1) is 14.9. The molecule has 0 unspecified atom stereocenters. The van der Waals surface area contributed by atoms with Gasteiger partial charge in [0.2, 0.25) is 0 Å². The average molecular weight is 436 g/mol. The van der Waals surface area contributed by atoms with Crippen molar-refractivity contribution in [1.29, 1.82) is 0 Å². The van der Waals surface area contributed by atoms with E-state index >= 15 is 0 Å². The Morgan fingerprint density at radius 3 is 1.97 bits per heavy atom. The molecule has 0 bridgehead atoms. The van der Waals surface area contributed by atoms with Crippen LogP contribution in [-0.4, -0.2) is 26.8 Å². The van der Waals surface area contributed by atoms with Gasteiger partial charge >= 0.3 is 0 Å². The third-order valence-electron chi connectivity index (χ3n) is 4.35. The molecule has 7 nitrogen and oxygen atoms in total. The normalized spacial score (nSPS) is 10.7. The molecule has 0 saturated carbocycles. The molecule has 3 aromatic rings. The summed E-state index contributed by atoms with van der Waals surface area (Å²) in [5.41, 5.74) is 5.55. The molecule has 0 spiro atoms. The van der Waals surface area contributed by atoms with Crippen molar-refractivity contribution < 1.29 is 18.0 Å². The molecule has 158 valence electrons. The zero-order valence-corrected chi connectivity index (χ0v) is 17.4. The van der Waals surface area contributed by atoms with E-state index in [2.05, 4.69) is 17.4 Å². The molecule has 0 aliphatic rings. The predicted molar refractivity (Wildman–Crippen MR) is 119 cm³/mol. The van der Waals surface area contributed by atoms with Crippen molar-refractivity contribution in [1.82, 2.24) is 10.9 Å². The highest BCUT2D eigenvalue weighted by Crippen LogP contribution is 2.24. The number of hydrogen-bond acceptors (Lipinski definition) is 4. The minimum atomic E-state index is -3.95. The second kappa shape index (κ2) is 9.73. The van der Waals surface area contributed by atoms with Crippen LogP contribution in [0.3, 0.4) is 0 Å². The first-order valence-electron chi connectivity index (χ1n) is 9.38. The summed E-state index contributed by atoms with van der Waals surface area (Å²) in [7, 11) is -3.95. The van der Waals surface area contributed by atoms with Crippen LogP contribution in [-0.2, 0) is 10.0 Å². The van der Waals surface area contributed by atoms with Gasteiger partial charge in [0.25, 0.3) is 21.8 Å². The van der Waals surface area contributed by atoms with E-state index in [9.17, 15) is 18.0 Å². The summed E-state index contributed by atoms with van der Waals surface area (Å²) in [5, 5.41) is 0. The van der Waals surface area contributed by atoms with Crippen LogP contribution in [0.5, 0.6) is 0 Å². The van der Waals surface area contributed by atoms with Gasteiger partial charge in [-0.25, -0.2) is 8.42 Å². The Bertz CT molecular complexity index is 1180. The van der Waals surface area contributed by atoms with Crippen LogP contribution in [0.2, 0.25) is 0 Å². The van der Waals surface area contributed by atoms with E-state index in [4.69, 9.17) is 0 Å². The van der Waals surface area contributed by atoms with Crippen molar-refractivity contribution in [3.8, 4) is 0 Å². The van der Waals surface area contributed by atoms with Gasteiger partial charge in [-0.1, -0.05) is 48.5 Å². The van der Waals surface area contributed by atoms with Crippen molar-refractivity contribution in [3.63, 3.8) is 0 Å². The average Bonchev–Trinajstić information content (AvgIpc) is 2.81. The van der Waals surface area contributed by atoms with E-state index in [0.29, 0.717) is 11.3 Å². The Hall–Kier alpha value is -3.91. The molecule has 2 amide bonds. The first-order valence-corrected chi connectivity index (χ1v) is 10.8. The third-order valence-corrected chi connectivity index (χ3v) is 6.14. The Balaban J connectivity index is 1.80. The molecule has 0 saturated heterocycles. The molecule has 0 radical (unpaired) electrons. The minimum absolute atomic E-state index is 0.0553. The number of rotatable bonds is 7. The standard InChI is InChI=1S/C23H21N3O4S/c1-2-16-26(20-13-7-4-8-14-20)31(29,30)21-15-9-12-19(17-21)23(28)25-24-22(27)18-10-5-3-6-11-18/h2-15,17H,1,16H2,(H,24,27)(H,25,28). The molecule has 0 aliphatic carbocycles. The van der Waals surface area contributed by atoms with E-state index in [0.717, 1.165) is 0 Å². The number of nitrogens with zero attached hydrogens (tertiary/aromatic N) is 1. The maximum absolute atomic E-state index is 13.2. The smallest absolute Gasteiger partial charge is 0.267 e. The number of anilines is 1. The SMILES string of the molecule is C=CCN(c1ccccc1)S(=O)(=O)c1cccc(C(=O)NNC(=O)c2ccccc2)c1. The van der Waals surface area contributed by atoms with E-state index in [1.165, 1.54) is 34.6 Å². The van der Waals surface area contributed by atoms with E-state index in [-0.39, 0.29) is 17.0 Å². The fraction of sp³-hybridized carbons (Fsp3) is 0.0435. The van der Waals surface area contributed by atoms with E-state index in [1.807, 2.05) is 0 Å². The number of nitrogens with one attached hydrogen (secondary N) is 2. The Morgan fingerprint density at radius 2 is 1.35 bits per heavy atom. The minimum Gasteiger partial charge on any atom is -0.267 e. The Kier molecular flexibility index (Phi) is 6.84. The van der Waals surface area contributed by atoms with Gasteiger partial charge in [-0.15, -0.1) is 6.58 Å². The monoisotopic (exact) mass is 435 g/mol. The maximum atomic E-state index is 13.2. The van der Waals surface area contributed by atoms with Crippen molar-refractivity contribution in [2.75, 3.05) is 10.8 Å². The Labute approximate surface area is 181 Å². The highest BCUT2D eigenvalue weighted by atomic mass is 32.2. The van der Waals surface area contributed by atoms with Crippen LogP contribution in [0, 0.1) is 0 Å². The van der Waals surface area contributed by atoms with Gasteiger partial charge in [0, 0.05) is 11.1 Å². The van der Waals surface area contributed by atoms with E-state index in [1.54, 1.807) is 60.7 Å². The van der Waals surface area contributed by atoms with Crippen LogP contribution < -0.4 is 15.2 Å². The van der Waals surface area contributed by atoms with Crippen LogP contribution in [0.1, 0.15) is 20.7 Å². The molecule has 0 aromatic heterocycles. The maximum Gasteiger partial charge on any atom is 0.269 e. The molecule has 2 N–H and O–H groups in total. The number of benzene rings is 3. The second-order valence-corrected chi connectivity index (χ2v) is 8.32. The lowest BCUT2D eigenvalue weighted by molar-refractivity contribution is 0.0846. The lowest BCUT2D eigenvalue weighted by Gasteiger charge is -2.23. The van der Waals surface area contributed by atoms with Gasteiger partial charge in [-0.2, -0.15) is 0 Å². The summed E-state index contributed by atoms with van der Waals surface area (Å²) >= 11 is 0. The molecular weight excluding hydrogens is 414 g/mol. The first kappa shape index (κ1) is 21.8. The quantitative estimate of drug-likeness (QED) is 0.440. The summed E-state index contributed by atoms with van der Waals surface area (Å²) in [6.45, 7) is 3.70. The van der Waals surface area contributed by atoms with Gasteiger partial charge in [-0.05, 0) is 42.5 Å². The highest BCUT2D eigenvalue weighted by molar-refractivity contribution is 7.92. The second-order valence-electron chi connectivity index (χ2n) is 6.46. The fourth-order valence-corrected chi connectivity index (χ4v) is 4.31. The number of hydrazine groups is 1. The number of para-hydroxylation sites is 1. The van der Waals surface area contributed by atoms with E-state index < -0.39 is 21.8 Å². The summed E-state index contributed by atoms with van der Waals surface area (Å²) < 4.78 is 27.7. The van der Waals surface area contributed by atoms with Crippen LogP contribution in [0.4, 0.5) is 5.69 Å². The van der Waals surface area contributed by atoms with Crippen molar-refractivity contribution in [2.24, 2.45) is 0 Å². The molecule has 0 aliphatic heterocycles. The fourth-order valence-electron chi connectivity index (χ4n) is 2.83. The molecule has 3 rings (SSSR count). The number of amides is 2. The highest BCUT2D eigenvalue weighted by Gasteiger charge is 2.25. The summed E-state index contributed by atoms with van der Waals surface area (Å²) in [6.07, 6.45) is 1.49. The summed E-state index contributed by atoms with van der Waals surface area (Å²) in [4.78, 5) is 24.5. The zero-order valence-electron chi connectivity index (χ0n) is 16.6. The molecule has 0 fully saturated rings. The predicted octanol–water partition coefficient (Wildman–Crippen LogP) is 3.14. The van der Waals surface area contributed by atoms with Gasteiger partial charge < -0.3 is 0 Å². The van der Waals surface area contributed by atoms with Gasteiger partial charge in [0.15, 0.2) is 0 Å². The lowest BCUT2D eigenvalue weighted by atomic mass is 10.2. The van der Waals surface area contributed by atoms with Crippen molar-refractivity contribution in [2.45, 2.75) is 4.90 Å². The van der Waals surface area contributed by atoms with Crippen molar-refractivity contribution in [3.05, 3.63) is 109 Å². The molecule has 31 heavy (non-hydrogen) atoms. The Morgan fingerprint density at radius 1 is 0.806 bits per heavy atom. The van der Waals surface area contributed by atoms with Crippen LogP contribution in [0.15, 0.2) is 102 Å². The topological polar surface area (TPSA) is 95.6 Å². The number of carbonyl (C=O) groups excluding carboxylic acids is 2. The number of sulfonamides is 1. The largest absolute Gasteiger partial charge is 0.269 e. The molecular formula is C23H21N3O4S. The molecule has 3 aromatic carbocycles. The number of hydrogen-bond donors (Lipinski definition) is 2. The third kappa shape index (κ3) is 5.18. The molecule has 0 heterocycles.